The normalized spacial score (nSPS) is 11.1. The smallest absolute Gasteiger partial charge is 0.277 e. The Morgan fingerprint density at radius 2 is 1.90 bits per heavy atom. The van der Waals surface area contributed by atoms with Gasteiger partial charge < -0.3 is 4.74 Å². The molecule has 1 aromatic rings. The van der Waals surface area contributed by atoms with Gasteiger partial charge in [0.2, 0.25) is 11.9 Å². The number of carbonyl (C=O) groups excluding carboxylic acids is 2. The van der Waals surface area contributed by atoms with Crippen molar-refractivity contribution in [3.63, 3.8) is 0 Å². The van der Waals surface area contributed by atoms with Crippen LogP contribution in [0.2, 0.25) is 0 Å². The van der Waals surface area contributed by atoms with Crippen LogP contribution in [0.15, 0.2) is 12.4 Å². The Balaban J connectivity index is 2.77. The lowest BCUT2D eigenvalue weighted by Crippen LogP contribution is -2.35. The molecule has 0 fully saturated rings. The molecule has 0 saturated heterocycles. The first-order chi connectivity index (χ1) is 9.74. The summed E-state index contributed by atoms with van der Waals surface area (Å²) in [6.45, 7) is 7.80. The van der Waals surface area contributed by atoms with Gasteiger partial charge in [0.1, 0.15) is 0 Å². The zero-order valence-corrected chi connectivity index (χ0v) is 12.6. The van der Waals surface area contributed by atoms with Crippen LogP contribution in [0.4, 0.5) is 5.95 Å². The van der Waals surface area contributed by atoms with E-state index in [1.807, 2.05) is 20.8 Å². The highest BCUT2D eigenvalue weighted by molar-refractivity contribution is 5.93. The molecular formula is C13H20N4O4. The molecule has 0 aromatic carbocycles. The molecule has 2 N–H and O–H groups in total. The van der Waals surface area contributed by atoms with E-state index in [1.54, 1.807) is 0 Å². The predicted octanol–water partition coefficient (Wildman–Crippen LogP) is 0.764. The fraction of sp³-hybridized carbons (Fsp3) is 0.538. The Kier molecular flexibility index (Phi) is 5.74. The van der Waals surface area contributed by atoms with Crippen molar-refractivity contribution in [3.05, 3.63) is 18.0 Å². The SMILES string of the molecule is CC(=O)N(CCOC(C)(C)C)c1ncc(C(=O)NO)cn1. The van der Waals surface area contributed by atoms with Crippen LogP contribution in [-0.2, 0) is 9.53 Å². The molecule has 1 rings (SSSR count). The maximum Gasteiger partial charge on any atom is 0.277 e. The maximum atomic E-state index is 11.6. The van der Waals surface area contributed by atoms with Crippen molar-refractivity contribution in [1.29, 1.82) is 0 Å². The average Bonchev–Trinajstić information content (AvgIpc) is 2.41. The quantitative estimate of drug-likeness (QED) is 0.614. The first-order valence-corrected chi connectivity index (χ1v) is 6.43. The van der Waals surface area contributed by atoms with Crippen molar-refractivity contribution in [2.75, 3.05) is 18.1 Å². The van der Waals surface area contributed by atoms with Crippen molar-refractivity contribution < 1.29 is 19.5 Å². The highest BCUT2D eigenvalue weighted by Gasteiger charge is 2.17. The molecule has 116 valence electrons. The molecule has 0 radical (unpaired) electrons. The molecule has 2 amide bonds. The lowest BCUT2D eigenvalue weighted by atomic mass is 10.2. The van der Waals surface area contributed by atoms with Gasteiger partial charge in [-0.1, -0.05) is 0 Å². The first kappa shape index (κ1) is 17.0. The monoisotopic (exact) mass is 296 g/mol. The Morgan fingerprint density at radius 3 is 2.33 bits per heavy atom. The second kappa shape index (κ2) is 7.09. The minimum Gasteiger partial charge on any atom is -0.374 e. The van der Waals surface area contributed by atoms with Crippen LogP contribution in [0.1, 0.15) is 38.1 Å². The summed E-state index contributed by atoms with van der Waals surface area (Å²) in [6, 6.07) is 0. The number of nitrogens with zero attached hydrogens (tertiary/aromatic N) is 3. The molecular weight excluding hydrogens is 276 g/mol. The van der Waals surface area contributed by atoms with Gasteiger partial charge in [0.25, 0.3) is 5.91 Å². The van der Waals surface area contributed by atoms with Crippen LogP contribution in [0.3, 0.4) is 0 Å². The van der Waals surface area contributed by atoms with E-state index in [9.17, 15) is 9.59 Å². The van der Waals surface area contributed by atoms with E-state index < -0.39 is 5.91 Å². The summed E-state index contributed by atoms with van der Waals surface area (Å²) in [7, 11) is 0. The molecule has 0 aliphatic rings. The third kappa shape index (κ3) is 5.44. The van der Waals surface area contributed by atoms with Crippen LogP contribution in [0.25, 0.3) is 0 Å². The molecule has 0 aliphatic carbocycles. The third-order valence-electron chi connectivity index (χ3n) is 2.47. The largest absolute Gasteiger partial charge is 0.374 e. The molecule has 1 aromatic heterocycles. The van der Waals surface area contributed by atoms with E-state index in [1.165, 1.54) is 29.7 Å². The topological polar surface area (TPSA) is 105 Å². The number of amides is 2. The van der Waals surface area contributed by atoms with Crippen LogP contribution >= 0.6 is 0 Å². The average molecular weight is 296 g/mol. The van der Waals surface area contributed by atoms with Gasteiger partial charge in [0.05, 0.1) is 24.3 Å². The fourth-order valence-corrected chi connectivity index (χ4v) is 1.48. The molecule has 0 bridgehead atoms. The van der Waals surface area contributed by atoms with Gasteiger partial charge in [0.15, 0.2) is 0 Å². The van der Waals surface area contributed by atoms with Crippen LogP contribution in [0, 0.1) is 0 Å². The summed E-state index contributed by atoms with van der Waals surface area (Å²) in [5.74, 6) is -0.770. The lowest BCUT2D eigenvalue weighted by Gasteiger charge is -2.23. The number of carbonyl (C=O) groups is 2. The van der Waals surface area contributed by atoms with Gasteiger partial charge in [-0.2, -0.15) is 0 Å². The van der Waals surface area contributed by atoms with Gasteiger partial charge in [0, 0.05) is 19.3 Å². The van der Waals surface area contributed by atoms with E-state index in [4.69, 9.17) is 9.94 Å². The molecule has 8 heteroatoms. The molecule has 0 atom stereocenters. The summed E-state index contributed by atoms with van der Waals surface area (Å²) in [6.07, 6.45) is 2.46. The second-order valence-electron chi connectivity index (χ2n) is 5.34. The Hall–Kier alpha value is -2.06. The summed E-state index contributed by atoms with van der Waals surface area (Å²) < 4.78 is 5.56. The molecule has 0 unspecified atom stereocenters. The number of nitrogens with one attached hydrogen (secondary N) is 1. The predicted molar refractivity (Wildman–Crippen MR) is 75.0 cm³/mol. The van der Waals surface area contributed by atoms with E-state index in [2.05, 4.69) is 9.97 Å². The third-order valence-corrected chi connectivity index (χ3v) is 2.47. The summed E-state index contributed by atoms with van der Waals surface area (Å²) in [5.41, 5.74) is 1.28. The van der Waals surface area contributed by atoms with Crippen molar-refractivity contribution >= 4 is 17.8 Å². The molecule has 0 aliphatic heterocycles. The van der Waals surface area contributed by atoms with Gasteiger partial charge in [-0.3, -0.25) is 19.7 Å². The lowest BCUT2D eigenvalue weighted by molar-refractivity contribution is -0.117. The standard InChI is InChI=1S/C13H20N4O4/c1-9(18)17(5-6-21-13(2,3)4)12-14-7-10(8-15-12)11(19)16-20/h7-8,20H,5-6H2,1-4H3,(H,16,19). The van der Waals surface area contributed by atoms with Crippen LogP contribution in [0.5, 0.6) is 0 Å². The van der Waals surface area contributed by atoms with Crippen molar-refractivity contribution in [1.82, 2.24) is 15.4 Å². The van der Waals surface area contributed by atoms with Gasteiger partial charge in [-0.05, 0) is 20.8 Å². The molecule has 8 nitrogen and oxygen atoms in total. The number of hydrogen-bond donors (Lipinski definition) is 2. The zero-order chi connectivity index (χ0) is 16.0. The van der Waals surface area contributed by atoms with Crippen molar-refractivity contribution in [2.24, 2.45) is 0 Å². The highest BCUT2D eigenvalue weighted by atomic mass is 16.5. The molecule has 0 saturated carbocycles. The Bertz CT molecular complexity index is 496. The summed E-state index contributed by atoms with van der Waals surface area (Å²) in [4.78, 5) is 32.1. The number of aromatic nitrogens is 2. The van der Waals surface area contributed by atoms with Gasteiger partial charge in [-0.15, -0.1) is 0 Å². The Morgan fingerprint density at radius 1 is 1.33 bits per heavy atom. The first-order valence-electron chi connectivity index (χ1n) is 6.43. The number of hydrogen-bond acceptors (Lipinski definition) is 6. The van der Waals surface area contributed by atoms with E-state index in [-0.39, 0.29) is 23.0 Å². The number of anilines is 1. The minimum absolute atomic E-state index is 0.0932. The van der Waals surface area contributed by atoms with Gasteiger partial charge >= 0.3 is 0 Å². The zero-order valence-electron chi connectivity index (χ0n) is 12.6. The second-order valence-corrected chi connectivity index (χ2v) is 5.34. The van der Waals surface area contributed by atoms with Crippen molar-refractivity contribution in [3.8, 4) is 0 Å². The number of hydroxylamine groups is 1. The molecule has 21 heavy (non-hydrogen) atoms. The van der Waals surface area contributed by atoms with Crippen LogP contribution in [-0.4, -0.2) is 45.7 Å². The fourth-order valence-electron chi connectivity index (χ4n) is 1.48. The van der Waals surface area contributed by atoms with Crippen molar-refractivity contribution in [2.45, 2.75) is 33.3 Å². The van der Waals surface area contributed by atoms with Gasteiger partial charge in [-0.25, -0.2) is 15.4 Å². The molecule has 0 spiro atoms. The minimum atomic E-state index is -0.716. The molecule has 1 heterocycles. The van der Waals surface area contributed by atoms with Crippen LogP contribution < -0.4 is 10.4 Å². The van der Waals surface area contributed by atoms with E-state index in [0.717, 1.165) is 0 Å². The Labute approximate surface area is 123 Å². The van der Waals surface area contributed by atoms with E-state index >= 15 is 0 Å². The highest BCUT2D eigenvalue weighted by Crippen LogP contribution is 2.10. The number of rotatable bonds is 5. The van der Waals surface area contributed by atoms with E-state index in [0.29, 0.717) is 13.2 Å². The summed E-state index contributed by atoms with van der Waals surface area (Å²) in [5, 5.41) is 8.51. The number of ether oxygens (including phenoxy) is 1. The maximum absolute atomic E-state index is 11.6. The summed E-state index contributed by atoms with van der Waals surface area (Å²) >= 11 is 0.